The molecule has 1 aromatic carbocycles. The van der Waals surface area contributed by atoms with Gasteiger partial charge in [-0.15, -0.1) is 0 Å². The first-order chi connectivity index (χ1) is 8.65. The van der Waals surface area contributed by atoms with E-state index < -0.39 is 0 Å². The zero-order valence-corrected chi connectivity index (χ0v) is 10.7. The summed E-state index contributed by atoms with van der Waals surface area (Å²) in [6.45, 7) is 1.98. The van der Waals surface area contributed by atoms with E-state index in [1.54, 1.807) is 0 Å². The third-order valence-corrected chi connectivity index (χ3v) is 3.67. The van der Waals surface area contributed by atoms with Crippen molar-refractivity contribution in [3.63, 3.8) is 0 Å². The maximum absolute atomic E-state index is 12.3. The molecule has 0 spiro atoms. The molecule has 92 valence electrons. The number of aromatic nitrogens is 2. The summed E-state index contributed by atoms with van der Waals surface area (Å²) in [5, 5.41) is 4.33. The van der Waals surface area contributed by atoms with Crippen LogP contribution in [0.2, 0.25) is 0 Å². The largest absolute Gasteiger partial charge is 0.294 e. The Bertz CT molecular complexity index is 613. The lowest BCUT2D eigenvalue weighted by Gasteiger charge is -2.07. The molecule has 3 heteroatoms. The molecule has 1 aliphatic rings. The Balaban J connectivity index is 1.85. The number of nitrogens with zero attached hydrogens (tertiary/aromatic N) is 2. The van der Waals surface area contributed by atoms with E-state index in [0.717, 1.165) is 29.8 Å². The van der Waals surface area contributed by atoms with Crippen LogP contribution in [0.5, 0.6) is 0 Å². The van der Waals surface area contributed by atoms with Gasteiger partial charge in [-0.2, -0.15) is 5.10 Å². The van der Waals surface area contributed by atoms with Crippen LogP contribution in [0.15, 0.2) is 30.3 Å². The van der Waals surface area contributed by atoms with Crippen molar-refractivity contribution in [3.05, 3.63) is 52.8 Å². The molecule has 0 bridgehead atoms. The van der Waals surface area contributed by atoms with Crippen LogP contribution in [0.25, 0.3) is 0 Å². The Morgan fingerprint density at radius 2 is 2.17 bits per heavy atom. The van der Waals surface area contributed by atoms with Gasteiger partial charge in [-0.1, -0.05) is 24.3 Å². The van der Waals surface area contributed by atoms with Gasteiger partial charge in [-0.05, 0) is 31.4 Å². The third kappa shape index (κ3) is 1.76. The molecular weight excluding hydrogens is 224 g/mol. The van der Waals surface area contributed by atoms with Crippen molar-refractivity contribution in [1.29, 1.82) is 0 Å². The van der Waals surface area contributed by atoms with Crippen molar-refractivity contribution in [1.82, 2.24) is 9.78 Å². The van der Waals surface area contributed by atoms with Gasteiger partial charge in [0.15, 0.2) is 5.78 Å². The highest BCUT2D eigenvalue weighted by molar-refractivity contribution is 6.02. The molecule has 0 amide bonds. The normalized spacial score (nSPS) is 18.1. The van der Waals surface area contributed by atoms with Crippen molar-refractivity contribution in [2.75, 3.05) is 0 Å². The van der Waals surface area contributed by atoms with Gasteiger partial charge in [0.25, 0.3) is 0 Å². The van der Waals surface area contributed by atoms with Gasteiger partial charge in [0.1, 0.15) is 0 Å². The summed E-state index contributed by atoms with van der Waals surface area (Å²) in [5.74, 6) is 0.363. The highest BCUT2D eigenvalue weighted by atomic mass is 16.1. The second-order valence-corrected chi connectivity index (χ2v) is 5.03. The first-order valence-electron chi connectivity index (χ1n) is 6.27. The van der Waals surface area contributed by atoms with Crippen LogP contribution >= 0.6 is 0 Å². The minimum Gasteiger partial charge on any atom is -0.294 e. The van der Waals surface area contributed by atoms with Crippen LogP contribution < -0.4 is 0 Å². The highest BCUT2D eigenvalue weighted by Gasteiger charge is 2.30. The van der Waals surface area contributed by atoms with Gasteiger partial charge in [-0.25, -0.2) is 0 Å². The zero-order chi connectivity index (χ0) is 12.7. The number of rotatable bonds is 2. The van der Waals surface area contributed by atoms with Crippen molar-refractivity contribution in [2.24, 2.45) is 13.0 Å². The second-order valence-electron chi connectivity index (χ2n) is 5.03. The highest BCUT2D eigenvalue weighted by Crippen LogP contribution is 2.28. The summed E-state index contributed by atoms with van der Waals surface area (Å²) in [6, 6.07) is 10.0. The number of aryl methyl sites for hydroxylation is 2. The molecule has 0 aliphatic heterocycles. The lowest BCUT2D eigenvalue weighted by Crippen LogP contribution is -2.14. The van der Waals surface area contributed by atoms with Gasteiger partial charge < -0.3 is 0 Å². The van der Waals surface area contributed by atoms with E-state index >= 15 is 0 Å². The molecule has 1 aliphatic carbocycles. The number of benzene rings is 1. The second kappa shape index (κ2) is 4.09. The summed E-state index contributed by atoms with van der Waals surface area (Å²) in [6.07, 6.45) is 1.64. The predicted molar refractivity (Wildman–Crippen MR) is 69.6 cm³/mol. The monoisotopic (exact) mass is 240 g/mol. The quantitative estimate of drug-likeness (QED) is 0.807. The fraction of sp³-hybridized carbons (Fsp3) is 0.333. The SMILES string of the molecule is Cc1cc(CC2Cc3ccccc3C2=O)n(C)n1. The predicted octanol–water partition coefficient (Wildman–Crippen LogP) is 2.33. The Morgan fingerprint density at radius 1 is 1.39 bits per heavy atom. The molecule has 3 nitrogen and oxygen atoms in total. The summed E-state index contributed by atoms with van der Waals surface area (Å²) in [4.78, 5) is 12.3. The molecule has 3 rings (SSSR count). The Labute approximate surface area is 106 Å². The number of Topliss-reactive ketones (excluding diaryl/α,β-unsaturated/α-hetero) is 1. The Morgan fingerprint density at radius 3 is 2.83 bits per heavy atom. The Hall–Kier alpha value is -1.90. The zero-order valence-electron chi connectivity index (χ0n) is 10.7. The van der Waals surface area contributed by atoms with Gasteiger partial charge in [-0.3, -0.25) is 9.48 Å². The van der Waals surface area contributed by atoms with Gasteiger partial charge >= 0.3 is 0 Å². The van der Waals surface area contributed by atoms with Crippen LogP contribution in [0, 0.1) is 12.8 Å². The fourth-order valence-corrected chi connectivity index (χ4v) is 2.79. The molecule has 1 heterocycles. The molecule has 0 N–H and O–H groups in total. The molecule has 0 saturated carbocycles. The third-order valence-electron chi connectivity index (χ3n) is 3.67. The van der Waals surface area contributed by atoms with Crippen molar-refractivity contribution in [3.8, 4) is 0 Å². The number of hydrogen-bond acceptors (Lipinski definition) is 2. The van der Waals surface area contributed by atoms with E-state index in [4.69, 9.17) is 0 Å². The van der Waals surface area contributed by atoms with E-state index in [1.807, 2.05) is 36.9 Å². The topological polar surface area (TPSA) is 34.9 Å². The molecule has 1 atom stereocenters. The molecule has 1 unspecified atom stereocenters. The first-order valence-corrected chi connectivity index (χ1v) is 6.27. The maximum atomic E-state index is 12.3. The number of carbonyl (C=O) groups is 1. The van der Waals surface area contributed by atoms with Crippen LogP contribution in [-0.4, -0.2) is 15.6 Å². The average Bonchev–Trinajstić information content (AvgIpc) is 2.82. The molecule has 2 aromatic rings. The van der Waals surface area contributed by atoms with Crippen LogP contribution in [0.3, 0.4) is 0 Å². The number of ketones is 1. The molecule has 0 saturated heterocycles. The molecule has 0 fully saturated rings. The van der Waals surface area contributed by atoms with Crippen LogP contribution in [0.1, 0.15) is 27.3 Å². The van der Waals surface area contributed by atoms with Gasteiger partial charge in [0, 0.05) is 24.2 Å². The minimum absolute atomic E-state index is 0.0807. The number of fused-ring (bicyclic) bond motifs is 1. The van der Waals surface area contributed by atoms with E-state index in [2.05, 4.69) is 17.2 Å². The summed E-state index contributed by atoms with van der Waals surface area (Å²) in [5.41, 5.74) is 4.24. The fourth-order valence-electron chi connectivity index (χ4n) is 2.79. The van der Waals surface area contributed by atoms with Crippen molar-refractivity contribution >= 4 is 5.78 Å². The van der Waals surface area contributed by atoms with Gasteiger partial charge in [0.2, 0.25) is 0 Å². The lowest BCUT2D eigenvalue weighted by molar-refractivity contribution is 0.0935. The van der Waals surface area contributed by atoms with E-state index in [-0.39, 0.29) is 11.7 Å². The number of hydrogen-bond donors (Lipinski definition) is 0. The smallest absolute Gasteiger partial charge is 0.166 e. The minimum atomic E-state index is 0.0807. The molecule has 1 aromatic heterocycles. The average molecular weight is 240 g/mol. The van der Waals surface area contributed by atoms with E-state index in [1.165, 1.54) is 5.56 Å². The van der Waals surface area contributed by atoms with Crippen LogP contribution in [-0.2, 0) is 19.9 Å². The lowest BCUT2D eigenvalue weighted by atomic mass is 9.99. The Kier molecular flexibility index (Phi) is 2.54. The van der Waals surface area contributed by atoms with Crippen molar-refractivity contribution < 1.29 is 4.79 Å². The molecule has 0 radical (unpaired) electrons. The van der Waals surface area contributed by atoms with Crippen molar-refractivity contribution in [2.45, 2.75) is 19.8 Å². The number of carbonyl (C=O) groups excluding carboxylic acids is 1. The summed E-state index contributed by atoms with van der Waals surface area (Å²) in [7, 11) is 1.94. The van der Waals surface area contributed by atoms with E-state index in [0.29, 0.717) is 0 Å². The summed E-state index contributed by atoms with van der Waals surface area (Å²) >= 11 is 0. The maximum Gasteiger partial charge on any atom is 0.166 e. The standard InChI is InChI=1S/C15H16N2O/c1-10-7-13(17(2)16-10)9-12-8-11-5-3-4-6-14(11)15(12)18/h3-7,12H,8-9H2,1-2H3. The molecule has 18 heavy (non-hydrogen) atoms. The first kappa shape index (κ1) is 11.2. The summed E-state index contributed by atoms with van der Waals surface area (Å²) < 4.78 is 1.88. The van der Waals surface area contributed by atoms with Gasteiger partial charge in [0.05, 0.1) is 5.69 Å². The molecular formula is C15H16N2O. The van der Waals surface area contributed by atoms with E-state index in [9.17, 15) is 4.79 Å². The van der Waals surface area contributed by atoms with Crippen LogP contribution in [0.4, 0.5) is 0 Å².